The highest BCUT2D eigenvalue weighted by Crippen LogP contribution is 2.31. The zero-order valence-electron chi connectivity index (χ0n) is 19.6. The number of fused-ring (bicyclic) bond motifs is 1. The van der Waals surface area contributed by atoms with Crippen LogP contribution in [0.2, 0.25) is 5.02 Å². The second kappa shape index (κ2) is 10.4. The van der Waals surface area contributed by atoms with Crippen LogP contribution < -0.4 is 10.6 Å². The van der Waals surface area contributed by atoms with E-state index in [-0.39, 0.29) is 6.03 Å². The number of anilines is 2. The molecule has 0 aliphatic carbocycles. The number of ether oxygens (including phenoxy) is 1. The smallest absolute Gasteiger partial charge is 0.411 e. The molecule has 2 aromatic heterocycles. The third-order valence-corrected chi connectivity index (χ3v) is 5.84. The van der Waals surface area contributed by atoms with Gasteiger partial charge in [0.05, 0.1) is 17.6 Å². The molecule has 35 heavy (non-hydrogen) atoms. The van der Waals surface area contributed by atoms with E-state index < -0.39 is 6.09 Å². The number of amides is 3. The molecule has 2 heterocycles. The average molecular weight is 493 g/mol. The number of hydrogen-bond donors (Lipinski definition) is 3. The van der Waals surface area contributed by atoms with Crippen molar-refractivity contribution in [2.75, 3.05) is 30.8 Å². The fourth-order valence-electron chi connectivity index (χ4n) is 3.60. The number of imidazole rings is 1. The molecule has 4 rings (SSSR count). The maximum absolute atomic E-state index is 12.4. The first-order valence-corrected chi connectivity index (χ1v) is 11.5. The number of benzene rings is 2. The number of halogens is 1. The van der Waals surface area contributed by atoms with Crippen LogP contribution in [0.25, 0.3) is 33.7 Å². The molecule has 0 unspecified atom stereocenters. The fourth-order valence-corrected chi connectivity index (χ4v) is 3.81. The van der Waals surface area contributed by atoms with Gasteiger partial charge in [-0.1, -0.05) is 23.7 Å². The Hall–Kier alpha value is -4.11. The highest BCUT2D eigenvalue weighted by molar-refractivity contribution is 6.33. The number of methoxy groups -OCH3 is 1. The second-order valence-corrected chi connectivity index (χ2v) is 8.08. The lowest BCUT2D eigenvalue weighted by Gasteiger charge is -2.19. The molecular weight excluding hydrogens is 468 g/mol. The zero-order chi connectivity index (χ0) is 24.9. The molecule has 10 heteroatoms. The highest BCUT2D eigenvalue weighted by atomic mass is 35.5. The monoisotopic (exact) mass is 492 g/mol. The van der Waals surface area contributed by atoms with Gasteiger partial charge in [0.1, 0.15) is 5.82 Å². The number of H-pyrrole nitrogens is 1. The lowest BCUT2D eigenvalue weighted by atomic mass is 10.1. The van der Waals surface area contributed by atoms with E-state index in [9.17, 15) is 9.59 Å². The summed E-state index contributed by atoms with van der Waals surface area (Å²) in [5, 5.41) is 6.02. The van der Waals surface area contributed by atoms with E-state index in [0.29, 0.717) is 46.5 Å². The molecule has 9 nitrogen and oxygen atoms in total. The van der Waals surface area contributed by atoms with Gasteiger partial charge in [0.2, 0.25) is 0 Å². The summed E-state index contributed by atoms with van der Waals surface area (Å²) in [7, 11) is 1.31. The van der Waals surface area contributed by atoms with Crippen molar-refractivity contribution in [3.05, 3.63) is 59.8 Å². The molecule has 180 valence electrons. The molecule has 0 saturated heterocycles. The summed E-state index contributed by atoms with van der Waals surface area (Å²) >= 11 is 6.46. The Morgan fingerprint density at radius 2 is 1.71 bits per heavy atom. The Balaban J connectivity index is 1.60. The Morgan fingerprint density at radius 1 is 1.00 bits per heavy atom. The van der Waals surface area contributed by atoms with E-state index in [0.717, 1.165) is 16.6 Å². The molecule has 0 spiro atoms. The van der Waals surface area contributed by atoms with E-state index in [1.807, 2.05) is 32.0 Å². The van der Waals surface area contributed by atoms with Crippen LogP contribution in [-0.2, 0) is 4.74 Å². The molecule has 0 bridgehead atoms. The minimum absolute atomic E-state index is 0.174. The normalized spacial score (nSPS) is 10.7. The molecule has 0 fully saturated rings. The predicted octanol–water partition coefficient (Wildman–Crippen LogP) is 6.00. The first-order valence-electron chi connectivity index (χ1n) is 11.1. The second-order valence-electron chi connectivity index (χ2n) is 7.67. The third-order valence-electron chi connectivity index (χ3n) is 5.51. The quantitative estimate of drug-likeness (QED) is 0.305. The minimum atomic E-state index is -0.527. The Labute approximate surface area is 207 Å². The number of aromatic nitrogens is 3. The number of pyridine rings is 1. The maximum Gasteiger partial charge on any atom is 0.411 e. The summed E-state index contributed by atoms with van der Waals surface area (Å²) in [4.78, 5) is 37.8. The van der Waals surface area contributed by atoms with Gasteiger partial charge in [0, 0.05) is 41.8 Å². The molecule has 0 aliphatic heterocycles. The molecule has 3 amide bonds. The van der Waals surface area contributed by atoms with Crippen LogP contribution in [0.4, 0.5) is 21.0 Å². The van der Waals surface area contributed by atoms with Gasteiger partial charge in [0.25, 0.3) is 0 Å². The summed E-state index contributed by atoms with van der Waals surface area (Å²) in [5.74, 6) is 0.547. The van der Waals surface area contributed by atoms with Gasteiger partial charge in [0.15, 0.2) is 5.65 Å². The third kappa shape index (κ3) is 5.36. The van der Waals surface area contributed by atoms with Crippen LogP contribution >= 0.6 is 11.6 Å². The van der Waals surface area contributed by atoms with Crippen molar-refractivity contribution < 1.29 is 14.3 Å². The molecule has 2 aromatic carbocycles. The van der Waals surface area contributed by atoms with Gasteiger partial charge in [-0.2, -0.15) is 0 Å². The number of carbonyl (C=O) groups is 2. The largest absolute Gasteiger partial charge is 0.453 e. The first-order chi connectivity index (χ1) is 16.9. The lowest BCUT2D eigenvalue weighted by molar-refractivity contribution is 0.187. The summed E-state index contributed by atoms with van der Waals surface area (Å²) in [6.07, 6.45) is 1.21. The molecule has 3 N–H and O–H groups in total. The van der Waals surface area contributed by atoms with Crippen LogP contribution in [0.5, 0.6) is 0 Å². The van der Waals surface area contributed by atoms with Gasteiger partial charge >= 0.3 is 12.1 Å². The Morgan fingerprint density at radius 3 is 2.40 bits per heavy atom. The Bertz CT molecular complexity index is 1370. The summed E-state index contributed by atoms with van der Waals surface area (Å²) < 4.78 is 4.61. The summed E-state index contributed by atoms with van der Waals surface area (Å²) in [6.45, 7) is 5.09. The van der Waals surface area contributed by atoms with Crippen LogP contribution in [0, 0.1) is 0 Å². The van der Waals surface area contributed by atoms with E-state index in [1.165, 1.54) is 7.11 Å². The molecule has 0 radical (unpaired) electrons. The molecule has 4 aromatic rings. The van der Waals surface area contributed by atoms with Crippen LogP contribution in [0.1, 0.15) is 13.8 Å². The van der Waals surface area contributed by atoms with Crippen molar-refractivity contribution >= 4 is 46.3 Å². The number of aromatic amines is 1. The molecule has 0 aliphatic rings. The van der Waals surface area contributed by atoms with Gasteiger partial charge in [-0.3, -0.25) is 5.32 Å². The van der Waals surface area contributed by atoms with Gasteiger partial charge < -0.3 is 19.9 Å². The van der Waals surface area contributed by atoms with Crippen molar-refractivity contribution in [3.63, 3.8) is 0 Å². The van der Waals surface area contributed by atoms with Crippen LogP contribution in [0.15, 0.2) is 54.7 Å². The molecule has 0 atom stereocenters. The number of nitrogens with zero attached hydrogens (tertiary/aromatic N) is 3. The number of urea groups is 1. The molecular formula is C25H25ClN6O3. The predicted molar refractivity (Wildman–Crippen MR) is 138 cm³/mol. The van der Waals surface area contributed by atoms with Crippen molar-refractivity contribution in [1.82, 2.24) is 19.9 Å². The number of hydrogen-bond acceptors (Lipinski definition) is 5. The van der Waals surface area contributed by atoms with Crippen molar-refractivity contribution in [1.29, 1.82) is 0 Å². The first kappa shape index (κ1) is 24.0. The Kier molecular flexibility index (Phi) is 7.17. The highest BCUT2D eigenvalue weighted by Gasteiger charge is 2.14. The van der Waals surface area contributed by atoms with Gasteiger partial charge in [-0.05, 0) is 55.8 Å². The standard InChI is InChI=1S/C25H25ClN6O3/c1-4-32(5-2)24(33)28-18-10-11-20(26)19(13-18)22-30-21-12-16(14-27-23(21)31-22)15-6-8-17(9-7-15)29-25(34)35-3/h6-14H,4-5H2,1-3H3,(H,28,33)(H,29,34)(H,27,30,31). The fraction of sp³-hybridized carbons (Fsp3) is 0.200. The van der Waals surface area contributed by atoms with E-state index in [4.69, 9.17) is 11.6 Å². The zero-order valence-corrected chi connectivity index (χ0v) is 20.3. The average Bonchev–Trinajstić information content (AvgIpc) is 3.29. The van der Waals surface area contributed by atoms with E-state index >= 15 is 0 Å². The molecule has 0 saturated carbocycles. The lowest BCUT2D eigenvalue weighted by Crippen LogP contribution is -2.34. The van der Waals surface area contributed by atoms with Gasteiger partial charge in [-0.15, -0.1) is 0 Å². The van der Waals surface area contributed by atoms with Crippen LogP contribution in [-0.4, -0.2) is 52.2 Å². The van der Waals surface area contributed by atoms with E-state index in [2.05, 4.69) is 30.3 Å². The van der Waals surface area contributed by atoms with E-state index in [1.54, 1.807) is 41.4 Å². The maximum atomic E-state index is 12.4. The van der Waals surface area contributed by atoms with Crippen molar-refractivity contribution in [3.8, 4) is 22.5 Å². The summed E-state index contributed by atoms with van der Waals surface area (Å²) in [6, 6.07) is 14.4. The topological polar surface area (TPSA) is 112 Å². The van der Waals surface area contributed by atoms with Crippen molar-refractivity contribution in [2.24, 2.45) is 0 Å². The SMILES string of the molecule is CCN(CC)C(=O)Nc1ccc(Cl)c(-c2nc3ncc(-c4ccc(NC(=O)OC)cc4)cc3[nH]2)c1. The summed E-state index contributed by atoms with van der Waals surface area (Å²) in [5.41, 5.74) is 4.98. The number of rotatable bonds is 6. The van der Waals surface area contributed by atoms with Crippen LogP contribution in [0.3, 0.4) is 0 Å². The minimum Gasteiger partial charge on any atom is -0.453 e. The number of nitrogens with one attached hydrogen (secondary N) is 3. The van der Waals surface area contributed by atoms with Gasteiger partial charge in [-0.25, -0.2) is 19.6 Å². The van der Waals surface area contributed by atoms with Crippen molar-refractivity contribution in [2.45, 2.75) is 13.8 Å². The number of carbonyl (C=O) groups excluding carboxylic acids is 2.